The first-order chi connectivity index (χ1) is 12.5. The molecular weight excluding hydrogens is 350 g/mol. The maximum absolute atomic E-state index is 12.6. The van der Waals surface area contributed by atoms with Gasteiger partial charge in [0.2, 0.25) is 5.91 Å². The standard InChI is InChI=1S/C18H23N5O2S/c1-4-12(2)23-15(14-8-6-5-7-9-14)20-21-18(23)26-13(3)16(24)22-11-10-19-17(22)25/h5-9,12-13H,4,10-11H2,1-3H3,(H,19,25)/t12-,13-/m0/s1. The van der Waals surface area contributed by atoms with Gasteiger partial charge in [0.25, 0.3) is 0 Å². The Morgan fingerprint density at radius 3 is 2.62 bits per heavy atom. The van der Waals surface area contributed by atoms with E-state index in [1.165, 1.54) is 16.7 Å². The Labute approximate surface area is 157 Å². The largest absolute Gasteiger partial charge is 0.336 e. The Morgan fingerprint density at radius 1 is 1.27 bits per heavy atom. The molecule has 1 aliphatic heterocycles. The number of imide groups is 1. The SMILES string of the molecule is CC[C@H](C)n1c(S[C@@H](C)C(=O)N2CCNC2=O)nnc1-c1ccccc1. The van der Waals surface area contributed by atoms with Gasteiger partial charge < -0.3 is 5.32 Å². The van der Waals surface area contributed by atoms with E-state index >= 15 is 0 Å². The normalized spacial score (nSPS) is 16.4. The number of nitrogens with one attached hydrogen (secondary N) is 1. The van der Waals surface area contributed by atoms with Crippen LogP contribution in [0.4, 0.5) is 4.79 Å². The average molecular weight is 373 g/mol. The molecule has 1 aliphatic rings. The van der Waals surface area contributed by atoms with E-state index in [4.69, 9.17) is 0 Å². The second kappa shape index (κ2) is 7.90. The Hall–Kier alpha value is -2.35. The third-order valence-electron chi connectivity index (χ3n) is 4.48. The number of carbonyl (C=O) groups excluding carboxylic acids is 2. The van der Waals surface area contributed by atoms with E-state index < -0.39 is 5.25 Å². The second-order valence-corrected chi connectivity index (χ2v) is 7.59. The molecule has 1 aromatic carbocycles. The number of hydrogen-bond acceptors (Lipinski definition) is 5. The van der Waals surface area contributed by atoms with Crippen molar-refractivity contribution in [1.29, 1.82) is 0 Å². The average Bonchev–Trinajstić information content (AvgIpc) is 3.27. The van der Waals surface area contributed by atoms with E-state index in [1.807, 2.05) is 30.3 Å². The molecule has 1 fully saturated rings. The third kappa shape index (κ3) is 3.60. The Balaban J connectivity index is 1.86. The summed E-state index contributed by atoms with van der Waals surface area (Å²) in [5, 5.41) is 11.6. The molecule has 0 unspecified atom stereocenters. The Bertz CT molecular complexity index is 792. The van der Waals surface area contributed by atoms with Crippen LogP contribution in [0.25, 0.3) is 11.4 Å². The van der Waals surface area contributed by atoms with E-state index in [9.17, 15) is 9.59 Å². The summed E-state index contributed by atoms with van der Waals surface area (Å²) in [5.41, 5.74) is 0.991. The molecule has 2 aromatic rings. The summed E-state index contributed by atoms with van der Waals surface area (Å²) in [6.45, 7) is 6.94. The minimum Gasteiger partial charge on any atom is -0.336 e. The highest BCUT2D eigenvalue weighted by atomic mass is 32.2. The lowest BCUT2D eigenvalue weighted by Gasteiger charge is -2.20. The molecule has 1 aromatic heterocycles. The van der Waals surface area contributed by atoms with Gasteiger partial charge in [-0.2, -0.15) is 0 Å². The first-order valence-corrected chi connectivity index (χ1v) is 9.67. The van der Waals surface area contributed by atoms with Crippen LogP contribution in [0.5, 0.6) is 0 Å². The van der Waals surface area contributed by atoms with Gasteiger partial charge in [-0.15, -0.1) is 10.2 Å². The highest BCUT2D eigenvalue weighted by Crippen LogP contribution is 2.31. The van der Waals surface area contributed by atoms with Gasteiger partial charge in [-0.25, -0.2) is 4.79 Å². The van der Waals surface area contributed by atoms with Crippen molar-refractivity contribution in [3.05, 3.63) is 30.3 Å². The fourth-order valence-corrected chi connectivity index (χ4v) is 3.84. The Kier molecular flexibility index (Phi) is 5.61. The van der Waals surface area contributed by atoms with Gasteiger partial charge in [0, 0.05) is 24.7 Å². The lowest BCUT2D eigenvalue weighted by Crippen LogP contribution is -2.39. The van der Waals surface area contributed by atoms with Crippen LogP contribution < -0.4 is 5.32 Å². The first kappa shape index (κ1) is 18.4. The van der Waals surface area contributed by atoms with Gasteiger partial charge in [-0.3, -0.25) is 14.3 Å². The predicted molar refractivity (Wildman–Crippen MR) is 101 cm³/mol. The summed E-state index contributed by atoms with van der Waals surface area (Å²) in [6.07, 6.45) is 0.919. The number of carbonyl (C=O) groups is 2. The fraction of sp³-hybridized carbons (Fsp3) is 0.444. The van der Waals surface area contributed by atoms with Crippen LogP contribution in [-0.4, -0.2) is 49.9 Å². The van der Waals surface area contributed by atoms with Crippen molar-refractivity contribution in [2.75, 3.05) is 13.1 Å². The summed E-state index contributed by atoms with van der Waals surface area (Å²) < 4.78 is 2.08. The minimum absolute atomic E-state index is 0.195. The van der Waals surface area contributed by atoms with Crippen molar-refractivity contribution >= 4 is 23.7 Å². The maximum Gasteiger partial charge on any atom is 0.324 e. The molecule has 8 heteroatoms. The number of aromatic nitrogens is 3. The predicted octanol–water partition coefficient (Wildman–Crippen LogP) is 2.95. The van der Waals surface area contributed by atoms with E-state index in [0.717, 1.165) is 17.8 Å². The molecule has 2 heterocycles. The fourth-order valence-electron chi connectivity index (χ4n) is 2.83. The second-order valence-electron chi connectivity index (χ2n) is 6.28. The molecule has 7 nitrogen and oxygen atoms in total. The van der Waals surface area contributed by atoms with Gasteiger partial charge in [0.1, 0.15) is 0 Å². The number of thioether (sulfide) groups is 1. The third-order valence-corrected chi connectivity index (χ3v) is 5.53. The molecule has 3 rings (SSSR count). The zero-order valence-corrected chi connectivity index (χ0v) is 16.0. The molecule has 1 saturated heterocycles. The first-order valence-electron chi connectivity index (χ1n) is 8.79. The maximum atomic E-state index is 12.6. The van der Waals surface area contributed by atoms with E-state index in [0.29, 0.717) is 18.2 Å². The summed E-state index contributed by atoms with van der Waals surface area (Å²) >= 11 is 1.34. The van der Waals surface area contributed by atoms with E-state index in [1.54, 1.807) is 6.92 Å². The lowest BCUT2D eigenvalue weighted by atomic mass is 10.2. The zero-order chi connectivity index (χ0) is 18.7. The lowest BCUT2D eigenvalue weighted by molar-refractivity contribution is -0.126. The van der Waals surface area contributed by atoms with Crippen LogP contribution >= 0.6 is 11.8 Å². The van der Waals surface area contributed by atoms with Crippen LogP contribution in [-0.2, 0) is 4.79 Å². The minimum atomic E-state index is -0.422. The number of rotatable bonds is 6. The monoisotopic (exact) mass is 373 g/mol. The zero-order valence-electron chi connectivity index (χ0n) is 15.2. The van der Waals surface area contributed by atoms with Gasteiger partial charge in [0.05, 0.1) is 5.25 Å². The summed E-state index contributed by atoms with van der Waals surface area (Å²) in [6, 6.07) is 9.77. The number of benzene rings is 1. The van der Waals surface area contributed by atoms with Crippen LogP contribution in [0, 0.1) is 0 Å². The number of amides is 3. The van der Waals surface area contributed by atoms with Gasteiger partial charge >= 0.3 is 6.03 Å². The van der Waals surface area contributed by atoms with Crippen molar-refractivity contribution in [2.24, 2.45) is 0 Å². The number of hydrogen-bond donors (Lipinski definition) is 1. The van der Waals surface area contributed by atoms with Crippen LogP contribution in [0.2, 0.25) is 0 Å². The molecule has 1 N–H and O–H groups in total. The molecular formula is C18H23N5O2S. The molecule has 3 amide bonds. The number of nitrogens with zero attached hydrogens (tertiary/aromatic N) is 4. The van der Waals surface area contributed by atoms with E-state index in [-0.39, 0.29) is 18.0 Å². The number of urea groups is 1. The van der Waals surface area contributed by atoms with Crippen molar-refractivity contribution in [3.63, 3.8) is 0 Å². The quantitative estimate of drug-likeness (QED) is 0.788. The molecule has 0 saturated carbocycles. The van der Waals surface area contributed by atoms with Gasteiger partial charge in [-0.05, 0) is 20.3 Å². The summed E-state index contributed by atoms with van der Waals surface area (Å²) in [7, 11) is 0. The van der Waals surface area contributed by atoms with Crippen LogP contribution in [0.1, 0.15) is 33.2 Å². The molecule has 0 spiro atoms. The van der Waals surface area contributed by atoms with Gasteiger partial charge in [0.15, 0.2) is 11.0 Å². The van der Waals surface area contributed by atoms with Crippen molar-refractivity contribution < 1.29 is 9.59 Å². The molecule has 2 atom stereocenters. The smallest absolute Gasteiger partial charge is 0.324 e. The summed E-state index contributed by atoms with van der Waals surface area (Å²) in [4.78, 5) is 25.6. The highest BCUT2D eigenvalue weighted by Gasteiger charge is 2.31. The topological polar surface area (TPSA) is 80.1 Å². The van der Waals surface area contributed by atoms with E-state index in [2.05, 4.69) is 33.9 Å². The molecule has 26 heavy (non-hydrogen) atoms. The highest BCUT2D eigenvalue weighted by molar-refractivity contribution is 8.00. The molecule has 138 valence electrons. The van der Waals surface area contributed by atoms with Crippen molar-refractivity contribution in [2.45, 2.75) is 43.6 Å². The summed E-state index contributed by atoms with van der Waals surface area (Å²) in [5.74, 6) is 0.589. The van der Waals surface area contributed by atoms with Crippen LogP contribution in [0.3, 0.4) is 0 Å². The molecule has 0 aliphatic carbocycles. The molecule has 0 bridgehead atoms. The Morgan fingerprint density at radius 2 is 2.00 bits per heavy atom. The van der Waals surface area contributed by atoms with Crippen LogP contribution in [0.15, 0.2) is 35.5 Å². The van der Waals surface area contributed by atoms with Crippen molar-refractivity contribution in [3.8, 4) is 11.4 Å². The van der Waals surface area contributed by atoms with Gasteiger partial charge in [-0.1, -0.05) is 49.0 Å². The molecule has 0 radical (unpaired) electrons. The van der Waals surface area contributed by atoms with Crippen molar-refractivity contribution in [1.82, 2.24) is 25.0 Å².